The minimum absolute atomic E-state index is 0. The molecular weight excluding hydrogens is 463 g/mol. The van der Waals surface area contributed by atoms with Crippen molar-refractivity contribution in [2.24, 2.45) is 12.0 Å². The van der Waals surface area contributed by atoms with E-state index < -0.39 is 0 Å². The number of amides is 1. The number of aliphatic imine (C=N–C) groups is 1. The standard InChI is InChI=1S/C17H24N6OS.HI/c1-13(14-4-7-25-12-14)8-19-17(18-2)22-5-6-23(16(24)11-22)15-9-20-21(3)10-15;/h4,7,9-10,12-13H,5-6,8,11H2,1-3H3,(H,18,19);1H. The molecule has 0 aliphatic carbocycles. The van der Waals surface area contributed by atoms with Gasteiger partial charge >= 0.3 is 0 Å². The van der Waals surface area contributed by atoms with Gasteiger partial charge in [0.1, 0.15) is 6.54 Å². The number of halogens is 1. The van der Waals surface area contributed by atoms with Crippen molar-refractivity contribution in [1.82, 2.24) is 20.0 Å². The predicted octanol–water partition coefficient (Wildman–Crippen LogP) is 2.13. The Morgan fingerprint density at radius 1 is 1.46 bits per heavy atom. The summed E-state index contributed by atoms with van der Waals surface area (Å²) in [5.41, 5.74) is 2.17. The quantitative estimate of drug-likeness (QED) is 0.407. The molecule has 1 atom stereocenters. The van der Waals surface area contributed by atoms with Gasteiger partial charge in [0.25, 0.3) is 0 Å². The number of nitrogens with zero attached hydrogens (tertiary/aromatic N) is 5. The Kier molecular flexibility index (Phi) is 7.44. The topological polar surface area (TPSA) is 65.8 Å². The van der Waals surface area contributed by atoms with E-state index in [2.05, 4.69) is 39.2 Å². The molecule has 1 fully saturated rings. The van der Waals surface area contributed by atoms with Gasteiger partial charge in [-0.3, -0.25) is 14.5 Å². The van der Waals surface area contributed by atoms with Crippen molar-refractivity contribution in [2.75, 3.05) is 38.1 Å². The van der Waals surface area contributed by atoms with Crippen LogP contribution in [-0.2, 0) is 11.8 Å². The van der Waals surface area contributed by atoms with Crippen LogP contribution in [0.2, 0.25) is 0 Å². The number of thiophene rings is 1. The lowest BCUT2D eigenvalue weighted by Crippen LogP contribution is -2.55. The molecule has 142 valence electrons. The van der Waals surface area contributed by atoms with Crippen molar-refractivity contribution in [3.63, 3.8) is 0 Å². The highest BCUT2D eigenvalue weighted by Crippen LogP contribution is 2.18. The monoisotopic (exact) mass is 488 g/mol. The summed E-state index contributed by atoms with van der Waals surface area (Å²) in [7, 11) is 3.61. The van der Waals surface area contributed by atoms with E-state index in [4.69, 9.17) is 0 Å². The molecule has 0 bridgehead atoms. The number of aromatic nitrogens is 2. The number of hydrogen-bond acceptors (Lipinski definition) is 4. The third-order valence-corrected chi connectivity index (χ3v) is 5.12. The largest absolute Gasteiger partial charge is 0.356 e. The Balaban J connectivity index is 0.00000243. The first-order valence-electron chi connectivity index (χ1n) is 8.35. The minimum atomic E-state index is 0. The zero-order valence-corrected chi connectivity index (χ0v) is 18.4. The van der Waals surface area contributed by atoms with Crippen LogP contribution in [0.4, 0.5) is 5.69 Å². The van der Waals surface area contributed by atoms with Gasteiger partial charge in [-0.1, -0.05) is 6.92 Å². The Hall–Kier alpha value is -1.62. The van der Waals surface area contributed by atoms with Crippen LogP contribution in [0.25, 0.3) is 0 Å². The summed E-state index contributed by atoms with van der Waals surface area (Å²) in [5, 5.41) is 11.8. The fraction of sp³-hybridized carbons (Fsp3) is 0.471. The molecule has 0 aromatic carbocycles. The second-order valence-electron chi connectivity index (χ2n) is 6.22. The van der Waals surface area contributed by atoms with Crippen LogP contribution in [0, 0.1) is 0 Å². The SMILES string of the molecule is CN=C(NCC(C)c1ccsc1)N1CCN(c2cnn(C)c2)C(=O)C1.I. The zero-order chi connectivity index (χ0) is 17.8. The van der Waals surface area contributed by atoms with E-state index in [0.29, 0.717) is 19.0 Å². The van der Waals surface area contributed by atoms with Crippen LogP contribution in [0.3, 0.4) is 0 Å². The summed E-state index contributed by atoms with van der Waals surface area (Å²) in [6, 6.07) is 2.15. The molecule has 2 aromatic heterocycles. The van der Waals surface area contributed by atoms with Crippen LogP contribution in [0.1, 0.15) is 18.4 Å². The summed E-state index contributed by atoms with van der Waals surface area (Å²) in [4.78, 5) is 20.7. The first kappa shape index (κ1) is 20.7. The van der Waals surface area contributed by atoms with E-state index in [9.17, 15) is 4.79 Å². The smallest absolute Gasteiger partial charge is 0.246 e. The number of carbonyl (C=O) groups excluding carboxylic acids is 1. The Morgan fingerprint density at radius 2 is 2.27 bits per heavy atom. The average Bonchev–Trinajstić information content (AvgIpc) is 3.27. The Labute approximate surface area is 175 Å². The number of rotatable bonds is 4. The zero-order valence-electron chi connectivity index (χ0n) is 15.3. The maximum atomic E-state index is 12.5. The van der Waals surface area contributed by atoms with Gasteiger partial charge in [-0.25, -0.2) is 0 Å². The van der Waals surface area contributed by atoms with Crippen molar-refractivity contribution in [3.05, 3.63) is 34.8 Å². The third kappa shape index (κ3) is 4.76. The number of anilines is 1. The van der Waals surface area contributed by atoms with Crippen LogP contribution in [0.5, 0.6) is 0 Å². The van der Waals surface area contributed by atoms with Crippen LogP contribution >= 0.6 is 35.3 Å². The van der Waals surface area contributed by atoms with Gasteiger partial charge < -0.3 is 15.1 Å². The number of guanidine groups is 1. The molecule has 1 saturated heterocycles. The lowest BCUT2D eigenvalue weighted by atomic mass is 10.1. The molecule has 0 spiro atoms. The lowest BCUT2D eigenvalue weighted by molar-refractivity contribution is -0.120. The third-order valence-electron chi connectivity index (χ3n) is 4.41. The van der Waals surface area contributed by atoms with Gasteiger partial charge in [-0.15, -0.1) is 24.0 Å². The van der Waals surface area contributed by atoms with E-state index in [1.165, 1.54) is 5.56 Å². The van der Waals surface area contributed by atoms with Crippen LogP contribution in [0.15, 0.2) is 34.2 Å². The first-order valence-corrected chi connectivity index (χ1v) is 9.29. The number of piperazine rings is 1. The van der Waals surface area contributed by atoms with Gasteiger partial charge in [0.15, 0.2) is 5.96 Å². The van der Waals surface area contributed by atoms with Crippen molar-refractivity contribution in [3.8, 4) is 0 Å². The first-order chi connectivity index (χ1) is 12.1. The highest BCUT2D eigenvalue weighted by atomic mass is 127. The van der Waals surface area contributed by atoms with E-state index in [1.807, 2.05) is 18.1 Å². The van der Waals surface area contributed by atoms with Crippen LogP contribution in [-0.4, -0.2) is 59.8 Å². The average molecular weight is 488 g/mol. The lowest BCUT2D eigenvalue weighted by Gasteiger charge is -2.35. The molecule has 3 rings (SSSR count). The molecule has 2 aromatic rings. The van der Waals surface area contributed by atoms with Gasteiger partial charge in [-0.2, -0.15) is 16.4 Å². The maximum absolute atomic E-state index is 12.5. The highest BCUT2D eigenvalue weighted by Gasteiger charge is 2.27. The molecule has 7 nitrogen and oxygen atoms in total. The molecule has 1 amide bonds. The number of nitrogens with one attached hydrogen (secondary N) is 1. The van der Waals surface area contributed by atoms with Crippen molar-refractivity contribution < 1.29 is 4.79 Å². The van der Waals surface area contributed by atoms with Gasteiger partial charge in [0, 0.05) is 39.9 Å². The van der Waals surface area contributed by atoms with Crippen molar-refractivity contribution in [2.45, 2.75) is 12.8 Å². The van der Waals surface area contributed by atoms with Gasteiger partial charge in [-0.05, 0) is 28.3 Å². The predicted molar refractivity (Wildman–Crippen MR) is 117 cm³/mol. The van der Waals surface area contributed by atoms with E-state index in [1.54, 1.807) is 34.2 Å². The highest BCUT2D eigenvalue weighted by molar-refractivity contribution is 14.0. The maximum Gasteiger partial charge on any atom is 0.246 e. The summed E-state index contributed by atoms with van der Waals surface area (Å²) < 4.78 is 1.71. The van der Waals surface area contributed by atoms with E-state index in [-0.39, 0.29) is 29.9 Å². The molecule has 1 aliphatic heterocycles. The second-order valence-corrected chi connectivity index (χ2v) is 7.01. The summed E-state index contributed by atoms with van der Waals surface area (Å²) >= 11 is 1.71. The van der Waals surface area contributed by atoms with Crippen molar-refractivity contribution in [1.29, 1.82) is 0 Å². The second kappa shape index (κ2) is 9.36. The molecule has 1 N–H and O–H groups in total. The van der Waals surface area contributed by atoms with E-state index in [0.717, 1.165) is 24.7 Å². The Bertz CT molecular complexity index is 744. The molecule has 1 unspecified atom stereocenters. The summed E-state index contributed by atoms with van der Waals surface area (Å²) in [6.45, 7) is 4.67. The van der Waals surface area contributed by atoms with Crippen molar-refractivity contribution >= 4 is 52.9 Å². The molecule has 26 heavy (non-hydrogen) atoms. The van der Waals surface area contributed by atoms with Gasteiger partial charge in [0.2, 0.25) is 5.91 Å². The molecule has 3 heterocycles. The summed E-state index contributed by atoms with van der Waals surface area (Å²) in [6.07, 6.45) is 3.59. The molecule has 9 heteroatoms. The van der Waals surface area contributed by atoms with E-state index >= 15 is 0 Å². The van der Waals surface area contributed by atoms with Gasteiger partial charge in [0.05, 0.1) is 11.9 Å². The van der Waals surface area contributed by atoms with Crippen LogP contribution < -0.4 is 10.2 Å². The fourth-order valence-corrected chi connectivity index (χ4v) is 3.71. The molecule has 1 aliphatic rings. The molecule has 0 radical (unpaired) electrons. The minimum Gasteiger partial charge on any atom is -0.356 e. The summed E-state index contributed by atoms with van der Waals surface area (Å²) in [5.74, 6) is 1.24. The number of aryl methyl sites for hydroxylation is 1. The molecular formula is C17H25IN6OS. The number of hydrogen-bond donors (Lipinski definition) is 1. The number of carbonyl (C=O) groups is 1. The molecule has 0 saturated carbocycles. The fourth-order valence-electron chi connectivity index (χ4n) is 2.92. The normalized spacial score (nSPS) is 16.4. The Morgan fingerprint density at radius 3 is 2.85 bits per heavy atom.